The van der Waals surface area contributed by atoms with Crippen LogP contribution in [0, 0.1) is 0 Å². The lowest BCUT2D eigenvalue weighted by Gasteiger charge is -2.20. The molecule has 1 aliphatic rings. The van der Waals surface area contributed by atoms with E-state index in [0.29, 0.717) is 6.04 Å². The quantitative estimate of drug-likeness (QED) is 0.794. The fraction of sp³-hybridized carbons (Fsp3) is 0.625. The molecule has 0 bridgehead atoms. The first-order chi connectivity index (χ1) is 10.1. The van der Waals surface area contributed by atoms with Gasteiger partial charge >= 0.3 is 6.61 Å². The second-order valence-electron chi connectivity index (χ2n) is 5.42. The smallest absolute Gasteiger partial charge is 0.387 e. The Morgan fingerprint density at radius 1 is 1.29 bits per heavy atom. The van der Waals surface area contributed by atoms with E-state index in [9.17, 15) is 8.78 Å². The first-order valence-corrected chi connectivity index (χ1v) is 8.55. The number of thioether (sulfide) groups is 1. The van der Waals surface area contributed by atoms with Gasteiger partial charge in [0.1, 0.15) is 5.75 Å². The third kappa shape index (κ3) is 5.15. The monoisotopic (exact) mass is 315 g/mol. The van der Waals surface area contributed by atoms with Crippen molar-refractivity contribution in [3.63, 3.8) is 0 Å². The molecule has 3 unspecified atom stereocenters. The van der Waals surface area contributed by atoms with Crippen LogP contribution in [0.2, 0.25) is 0 Å². The van der Waals surface area contributed by atoms with Gasteiger partial charge in [-0.2, -0.15) is 20.5 Å². The number of benzene rings is 1. The van der Waals surface area contributed by atoms with Crippen LogP contribution in [0.25, 0.3) is 0 Å². The Labute approximate surface area is 129 Å². The van der Waals surface area contributed by atoms with Crippen LogP contribution < -0.4 is 10.1 Å². The molecule has 1 fully saturated rings. The van der Waals surface area contributed by atoms with Crippen LogP contribution in [-0.2, 0) is 0 Å². The molecule has 5 heteroatoms. The van der Waals surface area contributed by atoms with E-state index < -0.39 is 6.61 Å². The van der Waals surface area contributed by atoms with E-state index in [1.807, 2.05) is 23.9 Å². The van der Waals surface area contributed by atoms with E-state index in [0.717, 1.165) is 10.8 Å². The molecule has 0 heterocycles. The molecule has 1 aromatic carbocycles. The molecule has 0 radical (unpaired) electrons. The zero-order chi connectivity index (χ0) is 15.2. The van der Waals surface area contributed by atoms with Crippen LogP contribution in [-0.4, -0.2) is 23.7 Å². The summed E-state index contributed by atoms with van der Waals surface area (Å²) >= 11 is 2.05. The van der Waals surface area contributed by atoms with E-state index >= 15 is 0 Å². The summed E-state index contributed by atoms with van der Waals surface area (Å²) in [5.74, 6) is 1.39. The minimum atomic E-state index is -2.77. The van der Waals surface area contributed by atoms with Crippen LogP contribution >= 0.6 is 11.8 Å². The lowest BCUT2D eigenvalue weighted by Crippen LogP contribution is -2.29. The summed E-state index contributed by atoms with van der Waals surface area (Å²) in [6.07, 6.45) is 3.72. The Bertz CT molecular complexity index is 427. The first-order valence-electron chi connectivity index (χ1n) is 7.51. The third-order valence-electron chi connectivity index (χ3n) is 3.88. The standard InChI is InChI=1S/C16H23F2NOS/c1-3-21-15-9-6-13(10-15)19-11(2)12-4-7-14(8-5-12)20-16(17)18/h4-5,7-8,11,13,15-16,19H,3,6,9-10H2,1-2H3. The molecular weight excluding hydrogens is 292 g/mol. The molecule has 1 N–H and O–H groups in total. The average Bonchev–Trinajstić information content (AvgIpc) is 2.86. The highest BCUT2D eigenvalue weighted by Crippen LogP contribution is 2.31. The minimum Gasteiger partial charge on any atom is -0.435 e. The third-order valence-corrected chi connectivity index (χ3v) is 5.11. The summed E-state index contributed by atoms with van der Waals surface area (Å²) in [5, 5.41) is 4.42. The Hall–Kier alpha value is -0.810. The Morgan fingerprint density at radius 3 is 2.62 bits per heavy atom. The zero-order valence-electron chi connectivity index (χ0n) is 12.5. The number of ether oxygens (including phenoxy) is 1. The number of hydrogen-bond donors (Lipinski definition) is 1. The van der Waals surface area contributed by atoms with Gasteiger partial charge in [-0.25, -0.2) is 0 Å². The van der Waals surface area contributed by atoms with Gasteiger partial charge in [-0.05, 0) is 49.6 Å². The summed E-state index contributed by atoms with van der Waals surface area (Å²) in [4.78, 5) is 0. The van der Waals surface area contributed by atoms with E-state index in [-0.39, 0.29) is 11.8 Å². The van der Waals surface area contributed by atoms with Crippen molar-refractivity contribution in [3.05, 3.63) is 29.8 Å². The summed E-state index contributed by atoms with van der Waals surface area (Å²) in [5.41, 5.74) is 1.10. The molecule has 1 aromatic rings. The maximum Gasteiger partial charge on any atom is 0.387 e. The second-order valence-corrected chi connectivity index (χ2v) is 7.00. The molecule has 2 rings (SSSR count). The van der Waals surface area contributed by atoms with E-state index in [4.69, 9.17) is 0 Å². The molecule has 0 saturated heterocycles. The molecular formula is C16H23F2NOS. The first kappa shape index (κ1) is 16.6. The van der Waals surface area contributed by atoms with E-state index in [1.165, 1.54) is 25.0 Å². The van der Waals surface area contributed by atoms with Gasteiger partial charge in [0.2, 0.25) is 0 Å². The fourth-order valence-electron chi connectivity index (χ4n) is 2.87. The van der Waals surface area contributed by atoms with Gasteiger partial charge in [0, 0.05) is 17.3 Å². The lowest BCUT2D eigenvalue weighted by molar-refractivity contribution is -0.0498. The highest BCUT2D eigenvalue weighted by molar-refractivity contribution is 7.99. The molecule has 1 aliphatic carbocycles. The van der Waals surface area contributed by atoms with Gasteiger partial charge in [0.15, 0.2) is 0 Å². The van der Waals surface area contributed by atoms with Crippen molar-refractivity contribution in [1.29, 1.82) is 0 Å². The van der Waals surface area contributed by atoms with Crippen LogP contribution in [0.15, 0.2) is 24.3 Å². The highest BCUT2D eigenvalue weighted by Gasteiger charge is 2.25. The molecule has 118 valence electrons. The number of alkyl halides is 2. The summed E-state index contributed by atoms with van der Waals surface area (Å²) in [6.45, 7) is 1.55. The maximum absolute atomic E-state index is 12.1. The average molecular weight is 315 g/mol. The fourth-order valence-corrected chi connectivity index (χ4v) is 4.01. The van der Waals surface area contributed by atoms with Crippen molar-refractivity contribution in [3.8, 4) is 5.75 Å². The summed E-state index contributed by atoms with van der Waals surface area (Å²) < 4.78 is 28.6. The molecule has 21 heavy (non-hydrogen) atoms. The van der Waals surface area contributed by atoms with Crippen molar-refractivity contribution >= 4 is 11.8 Å². The van der Waals surface area contributed by atoms with Gasteiger partial charge in [-0.3, -0.25) is 0 Å². The SMILES string of the molecule is CCSC1CCC(NC(C)c2ccc(OC(F)F)cc2)C1. The Balaban J connectivity index is 1.84. The predicted molar refractivity (Wildman–Crippen MR) is 84.2 cm³/mol. The molecule has 0 aromatic heterocycles. The molecule has 1 saturated carbocycles. The Kier molecular flexibility index (Phi) is 6.30. The van der Waals surface area contributed by atoms with E-state index in [2.05, 4.69) is 23.9 Å². The van der Waals surface area contributed by atoms with Crippen LogP contribution in [0.4, 0.5) is 8.78 Å². The predicted octanol–water partition coefficient (Wildman–Crippen LogP) is 4.61. The molecule has 0 aliphatic heterocycles. The number of nitrogens with one attached hydrogen (secondary N) is 1. The van der Waals surface area contributed by atoms with Crippen molar-refractivity contribution in [2.45, 2.75) is 57.1 Å². The second kappa shape index (κ2) is 7.99. The van der Waals surface area contributed by atoms with Crippen molar-refractivity contribution < 1.29 is 13.5 Å². The van der Waals surface area contributed by atoms with E-state index in [1.54, 1.807) is 12.1 Å². The van der Waals surface area contributed by atoms with Crippen LogP contribution in [0.1, 0.15) is 44.7 Å². The van der Waals surface area contributed by atoms with Gasteiger partial charge in [0.25, 0.3) is 0 Å². The topological polar surface area (TPSA) is 21.3 Å². The summed E-state index contributed by atoms with van der Waals surface area (Å²) in [6, 6.07) is 7.68. The number of hydrogen-bond acceptors (Lipinski definition) is 3. The lowest BCUT2D eigenvalue weighted by atomic mass is 10.1. The van der Waals surface area contributed by atoms with Gasteiger partial charge in [0.05, 0.1) is 0 Å². The molecule has 2 nitrogen and oxygen atoms in total. The molecule has 3 atom stereocenters. The normalized spacial score (nSPS) is 23.5. The van der Waals surface area contributed by atoms with Crippen LogP contribution in [0.3, 0.4) is 0 Å². The number of rotatable bonds is 7. The van der Waals surface area contributed by atoms with Gasteiger partial charge < -0.3 is 10.1 Å². The zero-order valence-corrected chi connectivity index (χ0v) is 13.3. The Morgan fingerprint density at radius 2 is 2.00 bits per heavy atom. The maximum atomic E-state index is 12.1. The number of halogens is 2. The largest absolute Gasteiger partial charge is 0.435 e. The minimum absolute atomic E-state index is 0.209. The van der Waals surface area contributed by atoms with Crippen molar-refractivity contribution in [2.75, 3.05) is 5.75 Å². The molecule has 0 amide bonds. The van der Waals surface area contributed by atoms with Crippen LogP contribution in [0.5, 0.6) is 5.75 Å². The molecule has 0 spiro atoms. The van der Waals surface area contributed by atoms with Crippen molar-refractivity contribution in [2.24, 2.45) is 0 Å². The highest BCUT2D eigenvalue weighted by atomic mass is 32.2. The van der Waals surface area contributed by atoms with Gasteiger partial charge in [-0.1, -0.05) is 19.1 Å². The van der Waals surface area contributed by atoms with Crippen molar-refractivity contribution in [1.82, 2.24) is 5.32 Å². The summed E-state index contributed by atoms with van der Waals surface area (Å²) in [7, 11) is 0. The van der Waals surface area contributed by atoms with Gasteiger partial charge in [-0.15, -0.1) is 0 Å².